The molecule has 0 saturated carbocycles. The number of nitrogens with one attached hydrogen (secondary N) is 1. The topological polar surface area (TPSA) is 83.5 Å². The third-order valence-electron chi connectivity index (χ3n) is 1.82. The highest BCUT2D eigenvalue weighted by atomic mass is 32.2. The van der Waals surface area contributed by atoms with Crippen molar-refractivity contribution in [3.63, 3.8) is 0 Å². The first kappa shape index (κ1) is 13.2. The van der Waals surface area contributed by atoms with Gasteiger partial charge in [-0.1, -0.05) is 6.07 Å². The zero-order valence-electron chi connectivity index (χ0n) is 9.47. The van der Waals surface area contributed by atoms with Crippen LogP contribution in [0.2, 0.25) is 0 Å². The fourth-order valence-corrected chi connectivity index (χ4v) is 1.90. The highest BCUT2D eigenvalue weighted by molar-refractivity contribution is 7.92. The highest BCUT2D eigenvalue weighted by Crippen LogP contribution is 2.16. The second-order valence-corrected chi connectivity index (χ2v) is 5.43. The summed E-state index contributed by atoms with van der Waals surface area (Å²) in [5.41, 5.74) is 1.87. The average Bonchev–Trinajstić information content (AvgIpc) is 2.10. The number of rotatable bonds is 4. The van der Waals surface area contributed by atoms with Crippen LogP contribution in [-0.4, -0.2) is 25.7 Å². The lowest BCUT2D eigenvalue weighted by Crippen LogP contribution is -2.09. The van der Waals surface area contributed by atoms with Crippen LogP contribution in [0, 0.1) is 6.92 Å². The van der Waals surface area contributed by atoms with E-state index >= 15 is 0 Å². The largest absolute Gasteiger partial charge is 0.478 e. The first-order valence-corrected chi connectivity index (χ1v) is 6.66. The first-order chi connectivity index (χ1) is 7.76. The van der Waals surface area contributed by atoms with Crippen LogP contribution < -0.4 is 4.72 Å². The Bertz CT molecular complexity index is 561. The molecule has 0 fully saturated rings. The van der Waals surface area contributed by atoms with Gasteiger partial charge in [-0.3, -0.25) is 4.72 Å². The van der Waals surface area contributed by atoms with Crippen LogP contribution in [0.5, 0.6) is 0 Å². The molecule has 5 nitrogen and oxygen atoms in total. The second-order valence-electron chi connectivity index (χ2n) is 3.68. The van der Waals surface area contributed by atoms with E-state index in [0.29, 0.717) is 11.3 Å². The van der Waals surface area contributed by atoms with Crippen LogP contribution in [0.15, 0.2) is 24.3 Å². The normalized spacial score (nSPS) is 11.6. The maximum absolute atomic E-state index is 11.1. The fourth-order valence-electron chi connectivity index (χ4n) is 1.35. The number of anilines is 1. The van der Waals surface area contributed by atoms with Crippen molar-refractivity contribution in [3.8, 4) is 0 Å². The van der Waals surface area contributed by atoms with E-state index in [1.165, 1.54) is 6.08 Å². The summed E-state index contributed by atoms with van der Waals surface area (Å²) >= 11 is 0. The van der Waals surface area contributed by atoms with E-state index in [9.17, 15) is 13.2 Å². The Morgan fingerprint density at radius 3 is 2.53 bits per heavy atom. The minimum atomic E-state index is -3.33. The van der Waals surface area contributed by atoms with E-state index < -0.39 is 16.0 Å². The van der Waals surface area contributed by atoms with E-state index in [2.05, 4.69) is 4.72 Å². The molecule has 0 heterocycles. The molecule has 0 aromatic heterocycles. The van der Waals surface area contributed by atoms with Crippen LogP contribution in [0.1, 0.15) is 11.1 Å². The van der Waals surface area contributed by atoms with Gasteiger partial charge in [-0.2, -0.15) is 0 Å². The monoisotopic (exact) mass is 255 g/mol. The van der Waals surface area contributed by atoms with Crippen molar-refractivity contribution in [2.75, 3.05) is 11.0 Å². The minimum absolute atomic E-state index is 0.414. The summed E-state index contributed by atoms with van der Waals surface area (Å²) in [6, 6.07) is 4.99. The van der Waals surface area contributed by atoms with Gasteiger partial charge in [-0.15, -0.1) is 0 Å². The van der Waals surface area contributed by atoms with Gasteiger partial charge in [0.05, 0.1) is 6.26 Å². The van der Waals surface area contributed by atoms with Gasteiger partial charge in [-0.05, 0) is 36.3 Å². The van der Waals surface area contributed by atoms with E-state index in [4.69, 9.17) is 5.11 Å². The molecule has 1 rings (SSSR count). The molecule has 0 unspecified atom stereocenters. The van der Waals surface area contributed by atoms with Crippen molar-refractivity contribution < 1.29 is 18.3 Å². The van der Waals surface area contributed by atoms with Gasteiger partial charge in [0.15, 0.2) is 0 Å². The van der Waals surface area contributed by atoms with Crippen molar-refractivity contribution in [2.24, 2.45) is 0 Å². The smallest absolute Gasteiger partial charge is 0.328 e. The van der Waals surface area contributed by atoms with Crippen LogP contribution in [-0.2, 0) is 14.8 Å². The number of carbonyl (C=O) groups is 1. The lowest BCUT2D eigenvalue weighted by molar-refractivity contribution is -0.131. The van der Waals surface area contributed by atoms with E-state index in [1.54, 1.807) is 25.1 Å². The fraction of sp³-hybridized carbons (Fsp3) is 0.182. The molecule has 0 spiro atoms. The van der Waals surface area contributed by atoms with Crippen LogP contribution in [0.3, 0.4) is 0 Å². The van der Waals surface area contributed by atoms with E-state index in [-0.39, 0.29) is 0 Å². The highest BCUT2D eigenvalue weighted by Gasteiger charge is 2.03. The number of hydrogen-bond donors (Lipinski definition) is 2. The number of carboxylic acids is 1. The Kier molecular flexibility index (Phi) is 3.90. The third-order valence-corrected chi connectivity index (χ3v) is 2.43. The lowest BCUT2D eigenvalue weighted by atomic mass is 10.1. The Morgan fingerprint density at radius 2 is 2.00 bits per heavy atom. The quantitative estimate of drug-likeness (QED) is 0.798. The summed E-state index contributed by atoms with van der Waals surface area (Å²) in [7, 11) is -3.33. The molecule has 2 N–H and O–H groups in total. The van der Waals surface area contributed by atoms with Crippen molar-refractivity contribution in [1.82, 2.24) is 0 Å². The molecule has 0 aliphatic rings. The van der Waals surface area contributed by atoms with Crippen molar-refractivity contribution in [1.29, 1.82) is 0 Å². The predicted octanol–water partition coefficient (Wildman–Crippen LogP) is 1.46. The average molecular weight is 255 g/mol. The number of carboxylic acid groups (broad SMARTS) is 1. The zero-order chi connectivity index (χ0) is 13.1. The van der Waals surface area contributed by atoms with Gasteiger partial charge in [0.25, 0.3) is 0 Å². The Morgan fingerprint density at radius 1 is 1.35 bits per heavy atom. The van der Waals surface area contributed by atoms with Gasteiger partial charge in [0.2, 0.25) is 10.0 Å². The van der Waals surface area contributed by atoms with Crippen molar-refractivity contribution in [3.05, 3.63) is 35.4 Å². The molecule has 0 amide bonds. The van der Waals surface area contributed by atoms with E-state index in [1.807, 2.05) is 0 Å². The number of benzene rings is 1. The van der Waals surface area contributed by atoms with Crippen LogP contribution >= 0.6 is 0 Å². The SMILES string of the molecule is Cc1cc(/C=C/C(=O)O)cc(NS(C)(=O)=O)c1. The third kappa shape index (κ3) is 5.17. The van der Waals surface area contributed by atoms with Gasteiger partial charge in [-0.25, -0.2) is 13.2 Å². The van der Waals surface area contributed by atoms with E-state index in [0.717, 1.165) is 17.9 Å². The minimum Gasteiger partial charge on any atom is -0.478 e. The van der Waals surface area contributed by atoms with Crippen LogP contribution in [0.25, 0.3) is 6.08 Å². The lowest BCUT2D eigenvalue weighted by Gasteiger charge is -2.06. The molecule has 0 aliphatic carbocycles. The molecule has 0 aliphatic heterocycles. The summed E-state index contributed by atoms with van der Waals surface area (Å²) in [5, 5.41) is 8.50. The maximum atomic E-state index is 11.1. The molecule has 0 radical (unpaired) electrons. The van der Waals surface area contributed by atoms with Gasteiger partial charge in [0, 0.05) is 11.8 Å². The molecule has 92 valence electrons. The Hall–Kier alpha value is -1.82. The van der Waals surface area contributed by atoms with Gasteiger partial charge in [0.1, 0.15) is 0 Å². The molecular formula is C11H13NO4S. The van der Waals surface area contributed by atoms with Crippen molar-refractivity contribution >= 4 is 27.8 Å². The standard InChI is InChI=1S/C11H13NO4S/c1-8-5-9(3-4-11(13)14)7-10(6-8)12-17(2,15)16/h3-7,12H,1-2H3,(H,13,14)/b4-3+. The summed E-state index contributed by atoms with van der Waals surface area (Å²) in [5.74, 6) is -1.05. The molecule has 0 bridgehead atoms. The molecule has 1 aromatic rings. The molecular weight excluding hydrogens is 242 g/mol. The maximum Gasteiger partial charge on any atom is 0.328 e. The molecule has 1 aromatic carbocycles. The summed E-state index contributed by atoms with van der Waals surface area (Å²) in [6.45, 7) is 1.80. The summed E-state index contributed by atoms with van der Waals surface area (Å²) in [6.07, 6.45) is 3.46. The second kappa shape index (κ2) is 5.01. The first-order valence-electron chi connectivity index (χ1n) is 4.77. The molecule has 17 heavy (non-hydrogen) atoms. The van der Waals surface area contributed by atoms with Gasteiger partial charge >= 0.3 is 5.97 Å². The molecule has 6 heteroatoms. The molecule has 0 atom stereocenters. The van der Waals surface area contributed by atoms with Crippen molar-refractivity contribution in [2.45, 2.75) is 6.92 Å². The zero-order valence-corrected chi connectivity index (χ0v) is 10.3. The Labute approximate surface area is 99.8 Å². The number of aliphatic carboxylic acids is 1. The predicted molar refractivity (Wildman–Crippen MR) is 66.3 cm³/mol. The number of aryl methyl sites for hydroxylation is 1. The summed E-state index contributed by atoms with van der Waals surface area (Å²) in [4.78, 5) is 10.4. The summed E-state index contributed by atoms with van der Waals surface area (Å²) < 4.78 is 24.5. The Balaban J connectivity index is 3.06. The number of hydrogen-bond acceptors (Lipinski definition) is 3. The van der Waals surface area contributed by atoms with Gasteiger partial charge < -0.3 is 5.11 Å². The number of sulfonamides is 1. The molecule has 0 saturated heterocycles. The van der Waals surface area contributed by atoms with Crippen LogP contribution in [0.4, 0.5) is 5.69 Å².